The number of nitrogens with zero attached hydrogens (tertiary/aromatic N) is 2. The highest BCUT2D eigenvalue weighted by molar-refractivity contribution is 7.99. The van der Waals surface area contributed by atoms with Crippen molar-refractivity contribution in [2.24, 2.45) is 11.8 Å². The smallest absolute Gasteiger partial charge is 0.119 e. The zero-order valence-electron chi connectivity index (χ0n) is 19.6. The van der Waals surface area contributed by atoms with Gasteiger partial charge in [-0.1, -0.05) is 17.7 Å². The van der Waals surface area contributed by atoms with Gasteiger partial charge >= 0.3 is 0 Å². The topological polar surface area (TPSA) is 65.8 Å². The van der Waals surface area contributed by atoms with E-state index in [1.165, 1.54) is 4.90 Å². The van der Waals surface area contributed by atoms with Crippen molar-refractivity contribution in [2.45, 2.75) is 30.3 Å². The molecular weight excluding hydrogens is 468 g/mol. The van der Waals surface area contributed by atoms with Gasteiger partial charge in [0, 0.05) is 47.0 Å². The van der Waals surface area contributed by atoms with Gasteiger partial charge in [-0.2, -0.15) is 0 Å². The van der Waals surface area contributed by atoms with E-state index < -0.39 is 6.10 Å². The molecular formula is C27H33ClN2O3S. The normalized spacial score (nSPS) is 19.9. The van der Waals surface area contributed by atoms with Gasteiger partial charge in [-0.25, -0.2) is 0 Å². The number of methoxy groups -OCH3 is 1. The summed E-state index contributed by atoms with van der Waals surface area (Å²) in [5.74, 6) is 2.42. The quantitative estimate of drug-likeness (QED) is 0.362. The highest BCUT2D eigenvalue weighted by Gasteiger charge is 2.29. The predicted octanol–water partition coefficient (Wildman–Crippen LogP) is 5.43. The number of hydrogen-bond acceptors (Lipinski definition) is 6. The molecule has 2 heterocycles. The molecule has 0 saturated carbocycles. The number of piperidine rings is 1. The van der Waals surface area contributed by atoms with Gasteiger partial charge in [-0.15, -0.1) is 11.8 Å². The van der Waals surface area contributed by atoms with Crippen molar-refractivity contribution in [1.29, 1.82) is 0 Å². The maximum Gasteiger partial charge on any atom is 0.119 e. The number of rotatable bonds is 10. The summed E-state index contributed by atoms with van der Waals surface area (Å²) < 4.78 is 5.36. The van der Waals surface area contributed by atoms with E-state index in [2.05, 4.69) is 16.0 Å². The Morgan fingerprint density at radius 3 is 2.88 bits per heavy atom. The second-order valence-corrected chi connectivity index (χ2v) is 10.6. The largest absolute Gasteiger partial charge is 0.497 e. The number of likely N-dealkylation sites (tertiary alicyclic amines) is 1. The molecule has 182 valence electrons. The van der Waals surface area contributed by atoms with Gasteiger partial charge in [-0.3, -0.25) is 4.98 Å². The zero-order chi connectivity index (χ0) is 23.9. The molecule has 0 spiro atoms. The average Bonchev–Trinajstić information content (AvgIpc) is 2.87. The van der Waals surface area contributed by atoms with Crippen molar-refractivity contribution in [1.82, 2.24) is 9.88 Å². The Labute approximate surface area is 211 Å². The highest BCUT2D eigenvalue weighted by Crippen LogP contribution is 2.33. The van der Waals surface area contributed by atoms with Crippen LogP contribution in [0.2, 0.25) is 5.02 Å². The number of fused-ring (bicyclic) bond motifs is 1. The van der Waals surface area contributed by atoms with Crippen LogP contribution in [0.5, 0.6) is 5.75 Å². The summed E-state index contributed by atoms with van der Waals surface area (Å²) in [6.07, 6.45) is 3.80. The van der Waals surface area contributed by atoms with Crippen LogP contribution in [0.4, 0.5) is 0 Å². The van der Waals surface area contributed by atoms with E-state index in [0.717, 1.165) is 65.5 Å². The van der Waals surface area contributed by atoms with E-state index in [1.807, 2.05) is 54.2 Å². The minimum absolute atomic E-state index is 0.189. The molecule has 0 bridgehead atoms. The van der Waals surface area contributed by atoms with Crippen LogP contribution in [0.15, 0.2) is 59.6 Å². The number of aliphatic hydroxyl groups is 2. The fourth-order valence-corrected chi connectivity index (χ4v) is 6.11. The lowest BCUT2D eigenvalue weighted by Crippen LogP contribution is -2.43. The van der Waals surface area contributed by atoms with Crippen LogP contribution in [0.1, 0.15) is 30.9 Å². The van der Waals surface area contributed by atoms with Gasteiger partial charge in [0.1, 0.15) is 5.75 Å². The first kappa shape index (κ1) is 25.3. The number of halogens is 1. The summed E-state index contributed by atoms with van der Waals surface area (Å²) in [7, 11) is 1.64. The van der Waals surface area contributed by atoms with Crippen molar-refractivity contribution < 1.29 is 14.9 Å². The molecule has 3 atom stereocenters. The number of pyridine rings is 1. The van der Waals surface area contributed by atoms with Gasteiger partial charge in [0.2, 0.25) is 0 Å². The number of benzene rings is 2. The molecule has 0 aliphatic carbocycles. The standard InChI is InChI=1S/C27H33ClN2O3S/c1-33-22-6-7-26-25(16-22)24(9-11-29-26)27(32)8-5-19-10-12-30(17-20(19)18-31)13-14-34-23-4-2-3-21(28)15-23/h2-4,6-7,9,11,15-16,19-20,27,31-32H,5,8,10,12-14,17-18H2,1H3/t19-,20-,27-/m1/s1. The number of aromatic nitrogens is 1. The molecule has 1 aliphatic rings. The molecule has 4 rings (SSSR count). The summed E-state index contributed by atoms with van der Waals surface area (Å²) >= 11 is 7.90. The van der Waals surface area contributed by atoms with E-state index in [4.69, 9.17) is 16.3 Å². The molecule has 7 heteroatoms. The number of hydrogen-bond donors (Lipinski definition) is 2. The first-order valence-corrected chi connectivity index (χ1v) is 13.3. The highest BCUT2D eigenvalue weighted by atomic mass is 35.5. The monoisotopic (exact) mass is 500 g/mol. The third kappa shape index (κ3) is 6.43. The van der Waals surface area contributed by atoms with E-state index in [-0.39, 0.29) is 12.5 Å². The Hall–Kier alpha value is -1.83. The molecule has 0 unspecified atom stereocenters. The van der Waals surface area contributed by atoms with Crippen molar-refractivity contribution in [3.8, 4) is 5.75 Å². The lowest BCUT2D eigenvalue weighted by atomic mass is 9.81. The second kappa shape index (κ2) is 12.2. The van der Waals surface area contributed by atoms with Crippen molar-refractivity contribution in [2.75, 3.05) is 39.1 Å². The molecule has 1 saturated heterocycles. The van der Waals surface area contributed by atoms with Crippen LogP contribution in [0, 0.1) is 11.8 Å². The molecule has 1 aliphatic heterocycles. The number of aliphatic hydroxyl groups excluding tert-OH is 2. The van der Waals surface area contributed by atoms with Crippen molar-refractivity contribution >= 4 is 34.3 Å². The van der Waals surface area contributed by atoms with Crippen LogP contribution in [-0.2, 0) is 0 Å². The average molecular weight is 501 g/mol. The summed E-state index contributed by atoms with van der Waals surface area (Å²) in [5.41, 5.74) is 1.74. The van der Waals surface area contributed by atoms with Crippen LogP contribution in [0.25, 0.3) is 10.9 Å². The predicted molar refractivity (Wildman–Crippen MR) is 140 cm³/mol. The Kier molecular flexibility index (Phi) is 9.09. The Morgan fingerprint density at radius 2 is 2.09 bits per heavy atom. The summed E-state index contributed by atoms with van der Waals surface area (Å²) in [6, 6.07) is 15.6. The first-order chi connectivity index (χ1) is 16.6. The molecule has 1 fully saturated rings. The molecule has 2 N–H and O–H groups in total. The van der Waals surface area contributed by atoms with E-state index in [1.54, 1.807) is 13.3 Å². The second-order valence-electron chi connectivity index (χ2n) is 8.97. The van der Waals surface area contributed by atoms with E-state index in [0.29, 0.717) is 12.3 Å². The Morgan fingerprint density at radius 1 is 1.21 bits per heavy atom. The fourth-order valence-electron chi connectivity index (χ4n) is 4.89. The molecule has 1 aromatic heterocycles. The fraction of sp³-hybridized carbons (Fsp3) is 0.444. The molecule has 3 aromatic rings. The molecule has 5 nitrogen and oxygen atoms in total. The summed E-state index contributed by atoms with van der Waals surface area (Å²) in [6.45, 7) is 3.12. The van der Waals surface area contributed by atoms with E-state index in [9.17, 15) is 10.2 Å². The third-order valence-corrected chi connectivity index (χ3v) is 8.04. The van der Waals surface area contributed by atoms with Gasteiger partial charge in [0.05, 0.1) is 18.7 Å². The van der Waals surface area contributed by atoms with Crippen LogP contribution in [-0.4, -0.2) is 59.2 Å². The van der Waals surface area contributed by atoms with Crippen LogP contribution in [0.3, 0.4) is 0 Å². The SMILES string of the molecule is COc1ccc2nccc([C@H](O)CC[C@@H]3CCN(CCSc4cccc(Cl)c4)C[C@@H]3CO)c2c1. The minimum Gasteiger partial charge on any atom is -0.497 e. The van der Waals surface area contributed by atoms with Crippen molar-refractivity contribution in [3.05, 3.63) is 65.3 Å². The molecule has 0 radical (unpaired) electrons. The summed E-state index contributed by atoms with van der Waals surface area (Å²) in [5, 5.41) is 22.8. The van der Waals surface area contributed by atoms with E-state index >= 15 is 0 Å². The van der Waals surface area contributed by atoms with Crippen LogP contribution < -0.4 is 4.74 Å². The maximum absolute atomic E-state index is 11.0. The molecule has 34 heavy (non-hydrogen) atoms. The third-order valence-electron chi connectivity index (χ3n) is 6.83. The number of ether oxygens (including phenoxy) is 1. The molecule has 2 aromatic carbocycles. The maximum atomic E-state index is 11.0. The van der Waals surface area contributed by atoms with Crippen LogP contribution >= 0.6 is 23.4 Å². The first-order valence-electron chi connectivity index (χ1n) is 11.9. The Bertz CT molecular complexity index is 1080. The zero-order valence-corrected chi connectivity index (χ0v) is 21.1. The van der Waals surface area contributed by atoms with Crippen molar-refractivity contribution in [3.63, 3.8) is 0 Å². The lowest BCUT2D eigenvalue weighted by molar-refractivity contribution is 0.0608. The van der Waals surface area contributed by atoms with Gasteiger partial charge in [-0.05, 0) is 85.7 Å². The lowest BCUT2D eigenvalue weighted by Gasteiger charge is -2.38. The Balaban J connectivity index is 1.29. The minimum atomic E-state index is -0.566. The van der Waals surface area contributed by atoms with Gasteiger partial charge < -0.3 is 19.8 Å². The molecule has 0 amide bonds. The van der Waals surface area contributed by atoms with Gasteiger partial charge in [0.25, 0.3) is 0 Å². The number of thioether (sulfide) groups is 1. The van der Waals surface area contributed by atoms with Gasteiger partial charge in [0.15, 0.2) is 0 Å². The summed E-state index contributed by atoms with van der Waals surface area (Å²) in [4.78, 5) is 8.06.